The maximum atomic E-state index is 12.5. The van der Waals surface area contributed by atoms with Gasteiger partial charge in [0.05, 0.1) is 24.6 Å². The molecule has 2 N–H and O–H groups in total. The summed E-state index contributed by atoms with van der Waals surface area (Å²) in [5, 5.41) is 7.44. The molecule has 3 rings (SSSR count). The molecule has 0 aliphatic carbocycles. The van der Waals surface area contributed by atoms with Crippen LogP contribution in [0, 0.1) is 0 Å². The van der Waals surface area contributed by atoms with E-state index in [1.165, 1.54) is 25.6 Å². The second-order valence-electron chi connectivity index (χ2n) is 4.90. The van der Waals surface area contributed by atoms with Crippen LogP contribution in [0.5, 0.6) is 5.75 Å². The zero-order valence-electron chi connectivity index (χ0n) is 13.1. The van der Waals surface area contributed by atoms with Crippen molar-refractivity contribution in [1.29, 1.82) is 0 Å². The standard InChI is InChI=1S/C15H11F3N4O4/c1-24-8-2-3-10(9(6-8)13-19-4-5-25-13)20-14(23)21-12-7-11(22-26-12)15(16,17)18/h2-7H,1H3,(H2,20,21,23). The van der Waals surface area contributed by atoms with E-state index in [4.69, 9.17) is 9.15 Å². The third-order valence-corrected chi connectivity index (χ3v) is 3.17. The summed E-state index contributed by atoms with van der Waals surface area (Å²) < 4.78 is 52.2. The molecule has 0 saturated carbocycles. The summed E-state index contributed by atoms with van der Waals surface area (Å²) in [4.78, 5) is 16.0. The summed E-state index contributed by atoms with van der Waals surface area (Å²) in [6.45, 7) is 0. The number of amides is 2. The third-order valence-electron chi connectivity index (χ3n) is 3.17. The van der Waals surface area contributed by atoms with Crippen molar-refractivity contribution in [2.75, 3.05) is 17.7 Å². The van der Waals surface area contributed by atoms with Crippen LogP contribution in [0.1, 0.15) is 5.69 Å². The number of methoxy groups -OCH3 is 1. The summed E-state index contributed by atoms with van der Waals surface area (Å²) in [6.07, 6.45) is -1.90. The normalized spacial score (nSPS) is 11.2. The molecular formula is C15H11F3N4O4. The zero-order valence-corrected chi connectivity index (χ0v) is 13.1. The number of carbonyl (C=O) groups excluding carboxylic acids is 1. The second-order valence-corrected chi connectivity index (χ2v) is 4.90. The van der Waals surface area contributed by atoms with Gasteiger partial charge in [0.15, 0.2) is 5.69 Å². The fourth-order valence-corrected chi connectivity index (χ4v) is 2.03. The molecule has 0 aliphatic heterocycles. The maximum Gasteiger partial charge on any atom is 0.436 e. The van der Waals surface area contributed by atoms with Crippen molar-refractivity contribution >= 4 is 17.6 Å². The Kier molecular flexibility index (Phi) is 4.52. The van der Waals surface area contributed by atoms with Gasteiger partial charge in [-0.25, -0.2) is 9.78 Å². The van der Waals surface area contributed by atoms with E-state index in [0.29, 0.717) is 23.1 Å². The highest BCUT2D eigenvalue weighted by Crippen LogP contribution is 2.32. The molecule has 2 aromatic heterocycles. The number of anilines is 2. The smallest absolute Gasteiger partial charge is 0.436 e. The van der Waals surface area contributed by atoms with Gasteiger partial charge in [-0.05, 0) is 18.2 Å². The van der Waals surface area contributed by atoms with Gasteiger partial charge in [0.1, 0.15) is 12.0 Å². The molecule has 3 aromatic rings. The van der Waals surface area contributed by atoms with Gasteiger partial charge >= 0.3 is 12.2 Å². The van der Waals surface area contributed by atoms with E-state index in [9.17, 15) is 18.0 Å². The van der Waals surface area contributed by atoms with Crippen molar-refractivity contribution in [3.05, 3.63) is 42.4 Å². The lowest BCUT2D eigenvalue weighted by molar-refractivity contribution is -0.142. The van der Waals surface area contributed by atoms with Crippen molar-refractivity contribution in [2.24, 2.45) is 0 Å². The molecule has 1 aromatic carbocycles. The average molecular weight is 368 g/mol. The van der Waals surface area contributed by atoms with Gasteiger partial charge < -0.3 is 19.0 Å². The first-order valence-electron chi connectivity index (χ1n) is 7.06. The molecule has 2 heterocycles. The molecule has 0 atom stereocenters. The molecule has 0 saturated heterocycles. The summed E-state index contributed by atoms with van der Waals surface area (Å²) in [7, 11) is 1.47. The fourth-order valence-electron chi connectivity index (χ4n) is 2.03. The summed E-state index contributed by atoms with van der Waals surface area (Å²) in [6, 6.07) is 4.42. The molecule has 0 radical (unpaired) electrons. The van der Waals surface area contributed by atoms with Gasteiger partial charge in [-0.3, -0.25) is 5.32 Å². The lowest BCUT2D eigenvalue weighted by atomic mass is 10.1. The number of hydrogen-bond acceptors (Lipinski definition) is 6. The Hall–Kier alpha value is -3.50. The topological polar surface area (TPSA) is 102 Å². The lowest BCUT2D eigenvalue weighted by Crippen LogP contribution is -2.19. The molecule has 8 nitrogen and oxygen atoms in total. The van der Waals surface area contributed by atoms with Crippen LogP contribution in [0.2, 0.25) is 0 Å². The molecule has 136 valence electrons. The van der Waals surface area contributed by atoms with Crippen LogP contribution < -0.4 is 15.4 Å². The van der Waals surface area contributed by atoms with E-state index in [1.807, 2.05) is 0 Å². The number of aromatic nitrogens is 2. The van der Waals surface area contributed by atoms with Gasteiger partial charge in [-0.2, -0.15) is 13.2 Å². The van der Waals surface area contributed by atoms with Crippen LogP contribution in [-0.4, -0.2) is 23.3 Å². The molecule has 2 amide bonds. The van der Waals surface area contributed by atoms with Crippen LogP contribution in [0.15, 0.2) is 45.7 Å². The SMILES string of the molecule is COc1ccc(NC(=O)Nc2cc(C(F)(F)F)no2)c(-c2ncco2)c1. The Labute approximate surface area is 143 Å². The fraction of sp³-hybridized carbons (Fsp3) is 0.133. The minimum absolute atomic E-state index is 0.221. The Balaban J connectivity index is 1.78. The number of carbonyl (C=O) groups is 1. The van der Waals surface area contributed by atoms with Crippen LogP contribution in [0.25, 0.3) is 11.5 Å². The van der Waals surface area contributed by atoms with Gasteiger partial charge in [-0.15, -0.1) is 0 Å². The molecule has 26 heavy (non-hydrogen) atoms. The lowest BCUT2D eigenvalue weighted by Gasteiger charge is -2.10. The third kappa shape index (κ3) is 3.77. The van der Waals surface area contributed by atoms with Crippen molar-refractivity contribution < 1.29 is 31.6 Å². The van der Waals surface area contributed by atoms with Crippen LogP contribution >= 0.6 is 0 Å². The first-order valence-corrected chi connectivity index (χ1v) is 7.06. The number of rotatable bonds is 4. The highest BCUT2D eigenvalue weighted by molar-refractivity contribution is 6.01. The molecule has 0 unspecified atom stereocenters. The van der Waals surface area contributed by atoms with Gasteiger partial charge in [0, 0.05) is 6.07 Å². The van der Waals surface area contributed by atoms with E-state index >= 15 is 0 Å². The average Bonchev–Trinajstić information content (AvgIpc) is 3.26. The summed E-state index contributed by atoms with van der Waals surface area (Å²) >= 11 is 0. The van der Waals surface area contributed by atoms with Crippen LogP contribution in [0.3, 0.4) is 0 Å². The highest BCUT2D eigenvalue weighted by atomic mass is 19.4. The van der Waals surface area contributed by atoms with E-state index in [-0.39, 0.29) is 5.89 Å². The van der Waals surface area contributed by atoms with Crippen molar-refractivity contribution in [3.63, 3.8) is 0 Å². The monoisotopic (exact) mass is 368 g/mol. The number of nitrogens with one attached hydrogen (secondary N) is 2. The molecule has 0 fully saturated rings. The van der Waals surface area contributed by atoms with E-state index < -0.39 is 23.8 Å². The largest absolute Gasteiger partial charge is 0.497 e. The van der Waals surface area contributed by atoms with Crippen molar-refractivity contribution in [1.82, 2.24) is 10.1 Å². The Bertz CT molecular complexity index is 906. The molecule has 0 spiro atoms. The predicted molar refractivity (Wildman–Crippen MR) is 82.6 cm³/mol. The first kappa shape index (κ1) is 17.3. The zero-order chi connectivity index (χ0) is 18.7. The predicted octanol–water partition coefficient (Wildman–Crippen LogP) is 4.00. The Morgan fingerprint density at radius 1 is 1.23 bits per heavy atom. The number of ether oxygens (including phenoxy) is 1. The molecule has 0 aliphatic rings. The number of alkyl halides is 3. The second kappa shape index (κ2) is 6.78. The maximum absolute atomic E-state index is 12.5. The number of urea groups is 1. The van der Waals surface area contributed by atoms with Crippen molar-refractivity contribution in [3.8, 4) is 17.2 Å². The molecular weight excluding hydrogens is 357 g/mol. The summed E-state index contributed by atoms with van der Waals surface area (Å²) in [5.41, 5.74) is -0.544. The van der Waals surface area contributed by atoms with Gasteiger partial charge in [0.2, 0.25) is 11.8 Å². The van der Waals surface area contributed by atoms with Gasteiger partial charge in [-0.1, -0.05) is 5.16 Å². The number of benzene rings is 1. The minimum atomic E-state index is -4.67. The quantitative estimate of drug-likeness (QED) is 0.722. The van der Waals surface area contributed by atoms with Crippen molar-refractivity contribution in [2.45, 2.75) is 6.18 Å². The number of hydrogen-bond donors (Lipinski definition) is 2. The molecule has 11 heteroatoms. The minimum Gasteiger partial charge on any atom is -0.497 e. The van der Waals surface area contributed by atoms with Crippen LogP contribution in [-0.2, 0) is 6.18 Å². The summed E-state index contributed by atoms with van der Waals surface area (Å²) in [5.74, 6) is 0.258. The van der Waals surface area contributed by atoms with E-state index in [2.05, 4.69) is 25.3 Å². The highest BCUT2D eigenvalue weighted by Gasteiger charge is 2.35. The van der Waals surface area contributed by atoms with Crippen LogP contribution in [0.4, 0.5) is 29.5 Å². The number of oxazole rings is 1. The van der Waals surface area contributed by atoms with E-state index in [1.54, 1.807) is 12.1 Å². The van der Waals surface area contributed by atoms with Gasteiger partial charge in [0.25, 0.3) is 0 Å². The first-order chi connectivity index (χ1) is 12.4. The molecule has 0 bridgehead atoms. The number of nitrogens with zero attached hydrogens (tertiary/aromatic N) is 2. The Morgan fingerprint density at radius 2 is 2.04 bits per heavy atom. The Morgan fingerprint density at radius 3 is 2.65 bits per heavy atom. The van der Waals surface area contributed by atoms with E-state index in [0.717, 1.165) is 0 Å². The number of halogens is 3.